The van der Waals surface area contributed by atoms with Crippen molar-refractivity contribution in [3.8, 4) is 0 Å². The van der Waals surface area contributed by atoms with Gasteiger partial charge in [-0.15, -0.1) is 0 Å². The van der Waals surface area contributed by atoms with Crippen molar-refractivity contribution in [2.45, 2.75) is 31.8 Å². The molecule has 6 heteroatoms. The lowest BCUT2D eigenvalue weighted by Gasteiger charge is -2.36. The van der Waals surface area contributed by atoms with Gasteiger partial charge in [-0.3, -0.25) is 14.5 Å². The lowest BCUT2D eigenvalue weighted by molar-refractivity contribution is -0.141. The lowest BCUT2D eigenvalue weighted by Crippen LogP contribution is -2.45. The highest BCUT2D eigenvalue weighted by Crippen LogP contribution is 2.26. The summed E-state index contributed by atoms with van der Waals surface area (Å²) >= 11 is 0. The maximum absolute atomic E-state index is 12.9. The number of piperidine rings is 1. The molecule has 0 saturated carbocycles. The van der Waals surface area contributed by atoms with Crippen LogP contribution in [0.5, 0.6) is 0 Å². The first-order valence-electron chi connectivity index (χ1n) is 8.02. The van der Waals surface area contributed by atoms with E-state index in [4.69, 9.17) is 5.11 Å². The van der Waals surface area contributed by atoms with Crippen LogP contribution in [0.1, 0.15) is 24.8 Å². The minimum absolute atomic E-state index is 0.0330. The van der Waals surface area contributed by atoms with Crippen LogP contribution in [-0.4, -0.2) is 52.5 Å². The molecule has 5 nitrogen and oxygen atoms in total. The predicted molar refractivity (Wildman–Crippen MR) is 82.2 cm³/mol. The number of carboxylic acid groups (broad SMARTS) is 1. The Bertz CT molecular complexity index is 582. The van der Waals surface area contributed by atoms with Crippen LogP contribution in [-0.2, 0) is 16.1 Å². The molecule has 0 bridgehead atoms. The van der Waals surface area contributed by atoms with Crippen molar-refractivity contribution in [2.75, 3.05) is 19.6 Å². The Balaban J connectivity index is 1.51. The molecule has 2 saturated heterocycles. The number of likely N-dealkylation sites (tertiary alicyclic amines) is 2. The fraction of sp³-hybridized carbons (Fsp3) is 0.529. The quantitative estimate of drug-likeness (QED) is 0.918. The Morgan fingerprint density at radius 2 is 1.87 bits per heavy atom. The standard InChI is InChI=1S/C17H21FN2O3/c18-14-3-1-12(2-4-14)10-19-7-5-15(6-8-19)20-11-13(17(22)23)9-16(20)21/h1-4,13,15H,5-11H2,(H,22,23)/t13-/m1/s1. The number of halogens is 1. The average Bonchev–Trinajstić information content (AvgIpc) is 2.93. The van der Waals surface area contributed by atoms with E-state index >= 15 is 0 Å². The number of amides is 1. The largest absolute Gasteiger partial charge is 0.481 e. The summed E-state index contributed by atoms with van der Waals surface area (Å²) in [4.78, 5) is 27.1. The van der Waals surface area contributed by atoms with Crippen LogP contribution >= 0.6 is 0 Å². The molecule has 0 radical (unpaired) electrons. The predicted octanol–water partition coefficient (Wildman–Crippen LogP) is 1.72. The number of benzene rings is 1. The van der Waals surface area contributed by atoms with E-state index in [1.807, 2.05) is 0 Å². The number of aliphatic carboxylic acids is 1. The van der Waals surface area contributed by atoms with E-state index in [1.165, 1.54) is 12.1 Å². The highest BCUT2D eigenvalue weighted by Gasteiger charge is 2.38. The molecular weight excluding hydrogens is 299 g/mol. The van der Waals surface area contributed by atoms with Gasteiger partial charge in [0.05, 0.1) is 5.92 Å². The Hall–Kier alpha value is -1.95. The maximum Gasteiger partial charge on any atom is 0.308 e. The summed E-state index contributed by atoms with van der Waals surface area (Å²) in [5.74, 6) is -1.70. The van der Waals surface area contributed by atoms with E-state index in [-0.39, 0.29) is 24.2 Å². The third kappa shape index (κ3) is 3.69. The first kappa shape index (κ1) is 15.9. The van der Waals surface area contributed by atoms with E-state index in [9.17, 15) is 14.0 Å². The number of nitrogens with zero attached hydrogens (tertiary/aromatic N) is 2. The molecule has 0 aromatic heterocycles. The summed E-state index contributed by atoms with van der Waals surface area (Å²) in [7, 11) is 0. The van der Waals surface area contributed by atoms with E-state index in [0.717, 1.165) is 38.0 Å². The zero-order chi connectivity index (χ0) is 16.4. The molecule has 2 fully saturated rings. The number of carboxylic acids is 1. The second-order valence-electron chi connectivity index (χ2n) is 6.42. The Morgan fingerprint density at radius 1 is 1.22 bits per heavy atom. The summed E-state index contributed by atoms with van der Waals surface area (Å²) in [6.07, 6.45) is 1.85. The molecule has 1 aromatic rings. The normalized spacial score (nSPS) is 23.4. The van der Waals surface area contributed by atoms with Gasteiger partial charge in [-0.05, 0) is 30.5 Å². The molecule has 124 valence electrons. The van der Waals surface area contributed by atoms with Gasteiger partial charge in [0.2, 0.25) is 5.91 Å². The second kappa shape index (κ2) is 6.66. The van der Waals surface area contributed by atoms with E-state index in [0.29, 0.717) is 6.54 Å². The Kier molecular flexibility index (Phi) is 4.61. The lowest BCUT2D eigenvalue weighted by atomic mass is 10.0. The zero-order valence-electron chi connectivity index (χ0n) is 12.9. The molecule has 23 heavy (non-hydrogen) atoms. The van der Waals surface area contributed by atoms with Gasteiger partial charge in [0, 0.05) is 38.6 Å². The third-order valence-electron chi connectivity index (χ3n) is 4.83. The summed E-state index contributed by atoms with van der Waals surface area (Å²) in [5, 5.41) is 9.06. The minimum Gasteiger partial charge on any atom is -0.481 e. The van der Waals surface area contributed by atoms with Crippen molar-refractivity contribution in [1.82, 2.24) is 9.80 Å². The minimum atomic E-state index is -0.880. The van der Waals surface area contributed by atoms with Gasteiger partial charge in [0.1, 0.15) is 5.82 Å². The van der Waals surface area contributed by atoms with Crippen LogP contribution in [0.4, 0.5) is 4.39 Å². The number of rotatable bonds is 4. The fourth-order valence-electron chi connectivity index (χ4n) is 3.49. The third-order valence-corrected chi connectivity index (χ3v) is 4.83. The van der Waals surface area contributed by atoms with Crippen molar-refractivity contribution >= 4 is 11.9 Å². The molecule has 1 N–H and O–H groups in total. The van der Waals surface area contributed by atoms with Gasteiger partial charge in [0.15, 0.2) is 0 Å². The van der Waals surface area contributed by atoms with Crippen LogP contribution in [0.25, 0.3) is 0 Å². The molecule has 2 aliphatic rings. The molecule has 1 aromatic carbocycles. The molecule has 0 unspecified atom stereocenters. The number of carbonyl (C=O) groups is 2. The monoisotopic (exact) mass is 320 g/mol. The molecular formula is C17H21FN2O3. The first-order valence-corrected chi connectivity index (χ1v) is 8.02. The van der Waals surface area contributed by atoms with Crippen molar-refractivity contribution in [3.05, 3.63) is 35.6 Å². The highest BCUT2D eigenvalue weighted by atomic mass is 19.1. The van der Waals surface area contributed by atoms with Crippen molar-refractivity contribution in [1.29, 1.82) is 0 Å². The Labute approximate surface area is 134 Å². The molecule has 2 heterocycles. The van der Waals surface area contributed by atoms with Gasteiger partial charge in [-0.25, -0.2) is 4.39 Å². The summed E-state index contributed by atoms with van der Waals surface area (Å²) in [6.45, 7) is 2.85. The summed E-state index contributed by atoms with van der Waals surface area (Å²) in [5.41, 5.74) is 1.08. The van der Waals surface area contributed by atoms with Crippen molar-refractivity contribution < 1.29 is 19.1 Å². The Morgan fingerprint density at radius 3 is 2.43 bits per heavy atom. The molecule has 0 spiro atoms. The molecule has 3 rings (SSSR count). The van der Waals surface area contributed by atoms with Crippen LogP contribution in [0.3, 0.4) is 0 Å². The molecule has 1 amide bonds. The van der Waals surface area contributed by atoms with Crippen molar-refractivity contribution in [2.24, 2.45) is 5.92 Å². The van der Waals surface area contributed by atoms with Gasteiger partial charge in [0.25, 0.3) is 0 Å². The highest BCUT2D eigenvalue weighted by molar-refractivity contribution is 5.86. The van der Waals surface area contributed by atoms with Gasteiger partial charge in [-0.1, -0.05) is 12.1 Å². The van der Waals surface area contributed by atoms with Crippen LogP contribution in [0.15, 0.2) is 24.3 Å². The van der Waals surface area contributed by atoms with Gasteiger partial charge < -0.3 is 10.0 Å². The topological polar surface area (TPSA) is 60.9 Å². The van der Waals surface area contributed by atoms with E-state index in [1.54, 1.807) is 17.0 Å². The van der Waals surface area contributed by atoms with Gasteiger partial charge >= 0.3 is 5.97 Å². The number of hydrogen-bond donors (Lipinski definition) is 1. The van der Waals surface area contributed by atoms with Gasteiger partial charge in [-0.2, -0.15) is 0 Å². The van der Waals surface area contributed by atoms with Crippen LogP contribution < -0.4 is 0 Å². The first-order chi connectivity index (χ1) is 11.0. The zero-order valence-corrected chi connectivity index (χ0v) is 12.9. The van der Waals surface area contributed by atoms with Crippen LogP contribution in [0, 0.1) is 11.7 Å². The summed E-state index contributed by atoms with van der Waals surface area (Å²) < 4.78 is 12.9. The van der Waals surface area contributed by atoms with Crippen molar-refractivity contribution in [3.63, 3.8) is 0 Å². The molecule has 1 atom stereocenters. The number of carbonyl (C=O) groups excluding carboxylic acids is 1. The summed E-state index contributed by atoms with van der Waals surface area (Å²) in [6, 6.07) is 6.68. The molecule has 2 aliphatic heterocycles. The smallest absolute Gasteiger partial charge is 0.308 e. The second-order valence-corrected chi connectivity index (χ2v) is 6.42. The van der Waals surface area contributed by atoms with E-state index in [2.05, 4.69) is 4.90 Å². The molecule has 0 aliphatic carbocycles. The number of hydrogen-bond acceptors (Lipinski definition) is 3. The average molecular weight is 320 g/mol. The van der Waals surface area contributed by atoms with Crippen LogP contribution in [0.2, 0.25) is 0 Å². The maximum atomic E-state index is 12.9. The SMILES string of the molecule is O=C(O)[C@@H]1CC(=O)N(C2CCN(Cc3ccc(F)cc3)CC2)C1. The van der Waals surface area contributed by atoms with E-state index < -0.39 is 11.9 Å². The fourth-order valence-corrected chi connectivity index (χ4v) is 3.49.